The lowest BCUT2D eigenvalue weighted by atomic mass is 10.1. The van der Waals surface area contributed by atoms with Gasteiger partial charge in [0.2, 0.25) is 15.2 Å². The van der Waals surface area contributed by atoms with E-state index in [1.807, 2.05) is 35.7 Å². The molecule has 1 N–H and O–H groups in total. The number of hydrogen-bond donors (Lipinski definition) is 1. The van der Waals surface area contributed by atoms with E-state index < -0.39 is 10.0 Å². The van der Waals surface area contributed by atoms with Crippen molar-refractivity contribution in [3.63, 3.8) is 0 Å². The van der Waals surface area contributed by atoms with Gasteiger partial charge < -0.3 is 0 Å². The van der Waals surface area contributed by atoms with Crippen molar-refractivity contribution in [2.24, 2.45) is 5.10 Å². The number of sulfonamides is 1. The Balaban J connectivity index is 1.33. The number of nitrogens with zero attached hydrogens (tertiary/aromatic N) is 3. The van der Waals surface area contributed by atoms with Crippen LogP contribution in [0, 0.1) is 0 Å². The number of anilines is 1. The van der Waals surface area contributed by atoms with Crippen LogP contribution in [0.25, 0.3) is 22.0 Å². The second kappa shape index (κ2) is 8.82. The Hall–Kier alpha value is -3.07. The van der Waals surface area contributed by atoms with E-state index in [0.29, 0.717) is 23.1 Å². The number of benzene rings is 3. The summed E-state index contributed by atoms with van der Waals surface area (Å²) < 4.78 is 27.3. The lowest BCUT2D eigenvalue weighted by molar-refractivity contribution is 0.477. The van der Waals surface area contributed by atoms with Crippen LogP contribution in [-0.2, 0) is 10.0 Å². The molecule has 162 valence electrons. The first kappa shape index (κ1) is 20.8. The second-order valence-corrected chi connectivity index (χ2v) is 10.4. The van der Waals surface area contributed by atoms with Crippen molar-refractivity contribution < 1.29 is 8.42 Å². The molecular weight excluding hydrogens is 440 g/mol. The fourth-order valence-corrected chi connectivity index (χ4v) is 6.10. The third-order valence-electron chi connectivity index (χ3n) is 5.52. The summed E-state index contributed by atoms with van der Waals surface area (Å²) in [4.78, 5) is 4.89. The van der Waals surface area contributed by atoms with Crippen molar-refractivity contribution >= 4 is 43.5 Å². The summed E-state index contributed by atoms with van der Waals surface area (Å²) in [5, 5.41) is 9.19. The average Bonchev–Trinajstić information content (AvgIpc) is 3.52. The van der Waals surface area contributed by atoms with Gasteiger partial charge in [0.05, 0.1) is 16.8 Å². The predicted molar refractivity (Wildman–Crippen MR) is 131 cm³/mol. The minimum atomic E-state index is -3.46. The van der Waals surface area contributed by atoms with E-state index in [0.717, 1.165) is 40.4 Å². The molecule has 0 radical (unpaired) electrons. The highest BCUT2D eigenvalue weighted by atomic mass is 32.2. The number of hydrazone groups is 1. The number of fused-ring (bicyclic) bond motifs is 1. The Bertz CT molecular complexity index is 1380. The molecule has 0 saturated carbocycles. The fraction of sp³-hybridized carbons (Fsp3) is 0.167. The molecule has 1 aromatic heterocycles. The molecule has 2 heterocycles. The first-order valence-electron chi connectivity index (χ1n) is 10.4. The van der Waals surface area contributed by atoms with Crippen molar-refractivity contribution in [1.82, 2.24) is 9.29 Å². The van der Waals surface area contributed by atoms with Gasteiger partial charge in [-0.2, -0.15) is 9.41 Å². The third kappa shape index (κ3) is 4.17. The van der Waals surface area contributed by atoms with E-state index in [9.17, 15) is 8.42 Å². The molecule has 0 bridgehead atoms. The summed E-state index contributed by atoms with van der Waals surface area (Å²) in [5.74, 6) is 0. The smallest absolute Gasteiger partial charge is 0.243 e. The Labute approximate surface area is 191 Å². The van der Waals surface area contributed by atoms with Gasteiger partial charge in [0.25, 0.3) is 0 Å². The van der Waals surface area contributed by atoms with Crippen molar-refractivity contribution in [2.75, 3.05) is 18.5 Å². The first-order chi connectivity index (χ1) is 15.6. The van der Waals surface area contributed by atoms with Crippen LogP contribution in [0.2, 0.25) is 0 Å². The maximum Gasteiger partial charge on any atom is 0.243 e. The van der Waals surface area contributed by atoms with Crippen LogP contribution in [0.15, 0.2) is 82.1 Å². The van der Waals surface area contributed by atoms with Crippen LogP contribution in [0.1, 0.15) is 18.4 Å². The van der Waals surface area contributed by atoms with Crippen LogP contribution < -0.4 is 5.43 Å². The molecule has 0 aliphatic carbocycles. The quantitative estimate of drug-likeness (QED) is 0.316. The Morgan fingerprint density at radius 3 is 2.66 bits per heavy atom. The van der Waals surface area contributed by atoms with E-state index in [-0.39, 0.29) is 0 Å². The van der Waals surface area contributed by atoms with Gasteiger partial charge >= 0.3 is 0 Å². The number of aromatic nitrogens is 1. The highest BCUT2D eigenvalue weighted by Crippen LogP contribution is 2.28. The van der Waals surface area contributed by atoms with Crippen LogP contribution in [0.4, 0.5) is 5.13 Å². The number of thiazole rings is 1. The average molecular weight is 463 g/mol. The summed E-state index contributed by atoms with van der Waals surface area (Å²) in [6, 6.07) is 21.3. The van der Waals surface area contributed by atoms with Crippen molar-refractivity contribution in [2.45, 2.75) is 17.7 Å². The third-order valence-corrected chi connectivity index (χ3v) is 8.17. The monoisotopic (exact) mass is 462 g/mol. The van der Waals surface area contributed by atoms with Gasteiger partial charge in [-0.25, -0.2) is 13.4 Å². The molecule has 0 spiro atoms. The highest BCUT2D eigenvalue weighted by Gasteiger charge is 2.27. The molecule has 1 aliphatic rings. The minimum absolute atomic E-state index is 0.313. The fourth-order valence-electron chi connectivity index (χ4n) is 3.87. The largest absolute Gasteiger partial charge is 0.253 e. The first-order valence-corrected chi connectivity index (χ1v) is 12.8. The van der Waals surface area contributed by atoms with E-state index in [1.54, 1.807) is 28.7 Å². The summed E-state index contributed by atoms with van der Waals surface area (Å²) in [7, 11) is -3.46. The molecule has 1 saturated heterocycles. The van der Waals surface area contributed by atoms with Gasteiger partial charge in [-0.05, 0) is 35.7 Å². The molecule has 1 fully saturated rings. The predicted octanol–water partition coefficient (Wildman–Crippen LogP) is 5.19. The minimum Gasteiger partial charge on any atom is -0.253 e. The highest BCUT2D eigenvalue weighted by molar-refractivity contribution is 7.89. The molecular formula is C24H22N4O2S2. The molecule has 32 heavy (non-hydrogen) atoms. The second-order valence-electron chi connectivity index (χ2n) is 7.62. The number of rotatable bonds is 6. The molecule has 0 amide bonds. The zero-order chi connectivity index (χ0) is 22.0. The molecule has 6 nitrogen and oxygen atoms in total. The molecule has 4 aromatic rings. The zero-order valence-corrected chi connectivity index (χ0v) is 18.9. The SMILES string of the molecule is O=S(=O)(c1cccc(-c2csc(N/N=C/c3cccc4ccccc34)n2)c1)N1CCCC1. The summed E-state index contributed by atoms with van der Waals surface area (Å²) in [6.07, 6.45) is 3.62. The van der Waals surface area contributed by atoms with Crippen LogP contribution in [0.3, 0.4) is 0 Å². The van der Waals surface area contributed by atoms with E-state index in [1.165, 1.54) is 11.3 Å². The maximum atomic E-state index is 12.9. The van der Waals surface area contributed by atoms with Gasteiger partial charge in [0, 0.05) is 29.6 Å². The normalized spacial score (nSPS) is 15.0. The number of nitrogens with one attached hydrogen (secondary N) is 1. The van der Waals surface area contributed by atoms with Crippen molar-refractivity contribution in [1.29, 1.82) is 0 Å². The van der Waals surface area contributed by atoms with E-state index >= 15 is 0 Å². The summed E-state index contributed by atoms with van der Waals surface area (Å²) in [5.41, 5.74) is 5.50. The van der Waals surface area contributed by atoms with Crippen LogP contribution >= 0.6 is 11.3 Å². The molecule has 8 heteroatoms. The summed E-state index contributed by atoms with van der Waals surface area (Å²) in [6.45, 7) is 1.18. The van der Waals surface area contributed by atoms with Crippen LogP contribution in [-0.4, -0.2) is 37.0 Å². The van der Waals surface area contributed by atoms with Gasteiger partial charge in [-0.1, -0.05) is 54.6 Å². The van der Waals surface area contributed by atoms with Crippen molar-refractivity contribution in [3.8, 4) is 11.3 Å². The Kier molecular flexibility index (Phi) is 5.73. The molecule has 1 aliphatic heterocycles. The Morgan fingerprint density at radius 2 is 1.78 bits per heavy atom. The van der Waals surface area contributed by atoms with Crippen LogP contribution in [0.5, 0.6) is 0 Å². The molecule has 5 rings (SSSR count). The summed E-state index contributed by atoms with van der Waals surface area (Å²) >= 11 is 1.43. The topological polar surface area (TPSA) is 74.7 Å². The molecule has 3 aromatic carbocycles. The number of hydrogen-bond acceptors (Lipinski definition) is 6. The Morgan fingerprint density at radius 1 is 1.00 bits per heavy atom. The zero-order valence-electron chi connectivity index (χ0n) is 17.3. The van der Waals surface area contributed by atoms with Gasteiger partial charge in [0.1, 0.15) is 0 Å². The molecule has 0 unspecified atom stereocenters. The van der Waals surface area contributed by atoms with Gasteiger partial charge in [-0.15, -0.1) is 11.3 Å². The van der Waals surface area contributed by atoms with Gasteiger partial charge in [0.15, 0.2) is 0 Å². The standard InChI is InChI=1S/C24H22N4O2S2/c29-32(30,28-13-3-4-14-28)21-11-6-9-19(15-21)23-17-31-24(26-23)27-25-16-20-10-5-8-18-7-1-2-12-22(18)20/h1-2,5-12,15-17H,3-4,13-14H2,(H,26,27)/b25-16+. The maximum absolute atomic E-state index is 12.9. The molecule has 0 atom stereocenters. The van der Waals surface area contributed by atoms with E-state index in [2.05, 4.69) is 33.7 Å². The van der Waals surface area contributed by atoms with Crippen molar-refractivity contribution in [3.05, 3.63) is 77.7 Å². The lowest BCUT2D eigenvalue weighted by Gasteiger charge is -2.15. The van der Waals surface area contributed by atoms with Gasteiger partial charge in [-0.3, -0.25) is 5.43 Å². The van der Waals surface area contributed by atoms with E-state index in [4.69, 9.17) is 0 Å². The lowest BCUT2D eigenvalue weighted by Crippen LogP contribution is -2.27.